The van der Waals surface area contributed by atoms with Crippen LogP contribution in [-0.4, -0.2) is 47.7 Å². The molecule has 36 heavy (non-hydrogen) atoms. The van der Waals surface area contributed by atoms with E-state index in [0.717, 1.165) is 87.8 Å². The van der Waals surface area contributed by atoms with Crippen LogP contribution in [0.2, 0.25) is 0 Å². The van der Waals surface area contributed by atoms with Gasteiger partial charge in [0.2, 0.25) is 0 Å². The Morgan fingerprint density at radius 3 is 2.75 bits per heavy atom. The lowest BCUT2D eigenvalue weighted by Gasteiger charge is -2.34. The third kappa shape index (κ3) is 4.73. The molecule has 3 aliphatic rings. The van der Waals surface area contributed by atoms with Crippen LogP contribution in [0.25, 0.3) is 11.0 Å². The van der Waals surface area contributed by atoms with Gasteiger partial charge >= 0.3 is 0 Å². The normalized spacial score (nSPS) is 20.1. The second-order valence-electron chi connectivity index (χ2n) is 10.6. The van der Waals surface area contributed by atoms with Crippen LogP contribution < -0.4 is 9.47 Å². The van der Waals surface area contributed by atoms with Crippen LogP contribution in [-0.2, 0) is 0 Å². The first-order valence-corrected chi connectivity index (χ1v) is 13.3. The van der Waals surface area contributed by atoms with Crippen molar-refractivity contribution in [3.05, 3.63) is 53.5 Å². The predicted octanol–water partition coefficient (Wildman–Crippen LogP) is 6.28. The minimum absolute atomic E-state index is 0.194. The number of unbranched alkanes of at least 4 members (excludes halogenated alkanes) is 1. The van der Waals surface area contributed by atoms with Crippen LogP contribution >= 0.6 is 0 Å². The number of carbonyl (C=O) groups excluding carboxylic acids is 1. The molecule has 1 aromatic heterocycles. The van der Waals surface area contributed by atoms with Gasteiger partial charge in [-0.2, -0.15) is 0 Å². The largest absolute Gasteiger partial charge is 0.493 e. The molecule has 0 radical (unpaired) electrons. The number of piperidine rings is 1. The van der Waals surface area contributed by atoms with Crippen molar-refractivity contribution in [2.75, 3.05) is 26.2 Å². The van der Waals surface area contributed by atoms with Gasteiger partial charge in [-0.1, -0.05) is 5.16 Å². The number of rotatable bonds is 7. The lowest BCUT2D eigenvalue weighted by molar-refractivity contribution is 0.0448. The Hall–Kier alpha value is -2.93. The Labute approximate surface area is 210 Å². The molecule has 3 aromatic rings. The van der Waals surface area contributed by atoms with E-state index in [1.165, 1.54) is 12.1 Å². The maximum absolute atomic E-state index is 13.4. The number of halogens is 1. The maximum atomic E-state index is 13.4. The quantitative estimate of drug-likeness (QED) is 0.362. The molecule has 2 fully saturated rings. The maximum Gasteiger partial charge on any atom is 0.170 e. The fourth-order valence-electron chi connectivity index (χ4n) is 6.15. The topological polar surface area (TPSA) is 64.8 Å². The van der Waals surface area contributed by atoms with Crippen LogP contribution in [0.1, 0.15) is 79.8 Å². The van der Waals surface area contributed by atoms with Crippen molar-refractivity contribution < 1.29 is 23.2 Å². The number of likely N-dealkylation sites (tertiary alicyclic amines) is 1. The Morgan fingerprint density at radius 2 is 1.92 bits per heavy atom. The van der Waals surface area contributed by atoms with E-state index in [-0.39, 0.29) is 17.2 Å². The lowest BCUT2D eigenvalue weighted by Crippen LogP contribution is -2.39. The molecule has 2 aromatic carbocycles. The van der Waals surface area contributed by atoms with Crippen molar-refractivity contribution in [3.8, 4) is 11.5 Å². The fourth-order valence-corrected chi connectivity index (χ4v) is 6.15. The number of carbonyl (C=O) groups is 1. The molecule has 1 saturated heterocycles. The monoisotopic (exact) mass is 492 g/mol. The van der Waals surface area contributed by atoms with E-state index in [1.54, 1.807) is 6.07 Å². The molecule has 7 heteroatoms. The van der Waals surface area contributed by atoms with E-state index in [0.29, 0.717) is 35.8 Å². The summed E-state index contributed by atoms with van der Waals surface area (Å²) in [4.78, 5) is 15.1. The van der Waals surface area contributed by atoms with Crippen LogP contribution in [0.4, 0.5) is 4.39 Å². The number of Topliss-reactive ketones (excluding diaryl/α,β-unsaturated/α-hetero) is 1. The van der Waals surface area contributed by atoms with Crippen LogP contribution in [0, 0.1) is 5.82 Å². The molecule has 1 spiro atoms. The minimum Gasteiger partial charge on any atom is -0.493 e. The Kier molecular flexibility index (Phi) is 6.42. The molecule has 1 aliphatic carbocycles. The number of nitrogens with zero attached hydrogens (tertiary/aromatic N) is 2. The number of aromatic nitrogens is 1. The van der Waals surface area contributed by atoms with Gasteiger partial charge in [0, 0.05) is 23.4 Å². The molecule has 190 valence electrons. The Bertz CT molecular complexity index is 1240. The van der Waals surface area contributed by atoms with E-state index in [1.807, 2.05) is 18.2 Å². The zero-order valence-corrected chi connectivity index (χ0v) is 20.6. The standard InChI is InChI=1S/C29H33FN2O4/c30-21-5-7-24-27(17-21)36-31-28(24)20-9-14-32(15-10-20)13-3-4-16-34-22-6-8-23-25(33)19-29(11-1-2-12-29)35-26(23)18-22/h5-8,17-18,20H,1-4,9-16,19H2. The molecule has 3 heterocycles. The van der Waals surface area contributed by atoms with Gasteiger partial charge in [-0.15, -0.1) is 0 Å². The number of ketones is 1. The number of hydrogen-bond acceptors (Lipinski definition) is 6. The first kappa shape index (κ1) is 23.5. The molecule has 0 unspecified atom stereocenters. The van der Waals surface area contributed by atoms with Gasteiger partial charge in [0.15, 0.2) is 11.4 Å². The summed E-state index contributed by atoms with van der Waals surface area (Å²) in [6, 6.07) is 10.3. The first-order valence-electron chi connectivity index (χ1n) is 13.3. The molecular weight excluding hydrogens is 459 g/mol. The van der Waals surface area contributed by atoms with E-state index in [2.05, 4.69) is 10.1 Å². The van der Waals surface area contributed by atoms with Crippen molar-refractivity contribution in [1.82, 2.24) is 10.1 Å². The SMILES string of the molecule is O=C1CC2(CCCC2)Oc2cc(OCCCCN3CCC(c4noc5cc(F)ccc45)CC3)ccc21. The highest BCUT2D eigenvalue weighted by Crippen LogP contribution is 2.44. The number of fused-ring (bicyclic) bond motifs is 2. The second kappa shape index (κ2) is 9.85. The van der Waals surface area contributed by atoms with Gasteiger partial charge in [-0.25, -0.2) is 4.39 Å². The summed E-state index contributed by atoms with van der Waals surface area (Å²) in [7, 11) is 0. The molecular formula is C29H33FN2O4. The summed E-state index contributed by atoms with van der Waals surface area (Å²) in [6.45, 7) is 3.75. The number of hydrogen-bond donors (Lipinski definition) is 0. The predicted molar refractivity (Wildman–Crippen MR) is 134 cm³/mol. The van der Waals surface area contributed by atoms with Gasteiger partial charge in [0.25, 0.3) is 0 Å². The van der Waals surface area contributed by atoms with Gasteiger partial charge in [0.05, 0.1) is 24.3 Å². The van der Waals surface area contributed by atoms with Crippen LogP contribution in [0.3, 0.4) is 0 Å². The summed E-state index contributed by atoms with van der Waals surface area (Å²) in [5.41, 5.74) is 1.90. The lowest BCUT2D eigenvalue weighted by atomic mass is 9.88. The first-order chi connectivity index (χ1) is 17.6. The zero-order chi connectivity index (χ0) is 24.5. The average Bonchev–Trinajstić information content (AvgIpc) is 3.50. The molecule has 0 bridgehead atoms. The molecule has 1 saturated carbocycles. The Morgan fingerprint density at radius 1 is 1.08 bits per heavy atom. The van der Waals surface area contributed by atoms with Gasteiger partial charge in [0.1, 0.15) is 22.9 Å². The third-order valence-corrected chi connectivity index (χ3v) is 8.15. The van der Waals surface area contributed by atoms with Gasteiger partial charge < -0.3 is 18.9 Å². The molecule has 6 rings (SSSR count). The molecule has 2 aliphatic heterocycles. The van der Waals surface area contributed by atoms with Crippen molar-refractivity contribution in [1.29, 1.82) is 0 Å². The smallest absolute Gasteiger partial charge is 0.170 e. The summed E-state index contributed by atoms with van der Waals surface area (Å²) in [6.07, 6.45) is 8.82. The van der Waals surface area contributed by atoms with Crippen LogP contribution in [0.15, 0.2) is 40.9 Å². The van der Waals surface area contributed by atoms with Crippen molar-refractivity contribution >= 4 is 16.8 Å². The van der Waals surface area contributed by atoms with E-state index in [4.69, 9.17) is 14.0 Å². The van der Waals surface area contributed by atoms with E-state index in [9.17, 15) is 9.18 Å². The molecule has 0 amide bonds. The summed E-state index contributed by atoms with van der Waals surface area (Å²) >= 11 is 0. The Balaban J connectivity index is 0.944. The van der Waals surface area contributed by atoms with Crippen LogP contribution in [0.5, 0.6) is 11.5 Å². The number of benzene rings is 2. The fraction of sp³-hybridized carbons (Fsp3) is 0.517. The number of ether oxygens (including phenoxy) is 2. The molecule has 0 atom stereocenters. The zero-order valence-electron chi connectivity index (χ0n) is 20.6. The minimum atomic E-state index is -0.295. The summed E-state index contributed by atoms with van der Waals surface area (Å²) < 4.78 is 31.1. The summed E-state index contributed by atoms with van der Waals surface area (Å²) in [5, 5.41) is 5.18. The highest BCUT2D eigenvalue weighted by atomic mass is 19.1. The van der Waals surface area contributed by atoms with E-state index >= 15 is 0 Å². The second-order valence-corrected chi connectivity index (χ2v) is 10.6. The van der Waals surface area contributed by atoms with Crippen molar-refractivity contribution in [2.45, 2.75) is 69.3 Å². The van der Waals surface area contributed by atoms with Gasteiger partial charge in [-0.3, -0.25) is 4.79 Å². The average molecular weight is 493 g/mol. The van der Waals surface area contributed by atoms with E-state index < -0.39 is 0 Å². The third-order valence-electron chi connectivity index (χ3n) is 8.15. The van der Waals surface area contributed by atoms with Crippen molar-refractivity contribution in [2.24, 2.45) is 0 Å². The highest BCUT2D eigenvalue weighted by Gasteiger charge is 2.42. The van der Waals surface area contributed by atoms with Gasteiger partial charge in [-0.05, 0) is 95.3 Å². The highest BCUT2D eigenvalue weighted by molar-refractivity contribution is 6.00. The summed E-state index contributed by atoms with van der Waals surface area (Å²) in [5.74, 6) is 1.73. The molecule has 0 N–H and O–H groups in total. The van der Waals surface area contributed by atoms with Crippen molar-refractivity contribution in [3.63, 3.8) is 0 Å². The molecule has 6 nitrogen and oxygen atoms in total.